The van der Waals surface area contributed by atoms with E-state index in [-0.39, 0.29) is 5.60 Å². The molecule has 4 rings (SSSR count). The topological polar surface area (TPSA) is 34.1 Å². The summed E-state index contributed by atoms with van der Waals surface area (Å²) in [5.41, 5.74) is 2.20. The lowest BCUT2D eigenvalue weighted by molar-refractivity contribution is -0.130. The number of pyridine rings is 1. The maximum Gasteiger partial charge on any atom is 0.0948 e. The van der Waals surface area contributed by atoms with Gasteiger partial charge in [0.15, 0.2) is 0 Å². The molecule has 110 valence electrons. The van der Waals surface area contributed by atoms with Gasteiger partial charge in [0.25, 0.3) is 0 Å². The summed E-state index contributed by atoms with van der Waals surface area (Å²) in [6, 6.07) is 8.40. The molecule has 21 heavy (non-hydrogen) atoms. The average Bonchev–Trinajstić information content (AvgIpc) is 2.49. The second-order valence-corrected chi connectivity index (χ2v) is 6.62. The Morgan fingerprint density at radius 1 is 1.29 bits per heavy atom. The van der Waals surface area contributed by atoms with Crippen molar-refractivity contribution in [2.75, 3.05) is 11.9 Å². The number of ether oxygens (including phenoxy) is 1. The Balaban J connectivity index is 1.61. The molecule has 4 heteroatoms. The number of hydrogen-bond acceptors (Lipinski definition) is 3. The van der Waals surface area contributed by atoms with E-state index < -0.39 is 0 Å². The Morgan fingerprint density at radius 3 is 3.00 bits per heavy atom. The highest BCUT2D eigenvalue weighted by molar-refractivity contribution is 6.35. The van der Waals surface area contributed by atoms with E-state index in [4.69, 9.17) is 16.3 Å². The molecule has 1 N–H and O–H groups in total. The van der Waals surface area contributed by atoms with Gasteiger partial charge in [-0.15, -0.1) is 0 Å². The first kappa shape index (κ1) is 13.4. The van der Waals surface area contributed by atoms with E-state index in [0.29, 0.717) is 6.04 Å². The molecule has 0 bridgehead atoms. The second kappa shape index (κ2) is 5.15. The predicted molar refractivity (Wildman–Crippen MR) is 85.9 cm³/mol. The monoisotopic (exact) mass is 302 g/mol. The molecule has 1 aliphatic heterocycles. The molecule has 1 spiro atoms. The van der Waals surface area contributed by atoms with Crippen LogP contribution in [0, 0.1) is 0 Å². The van der Waals surface area contributed by atoms with Crippen molar-refractivity contribution in [3.05, 3.63) is 35.5 Å². The fourth-order valence-electron chi connectivity index (χ4n) is 3.54. The first-order valence-electron chi connectivity index (χ1n) is 7.70. The lowest BCUT2D eigenvalue weighted by atomic mass is 9.74. The lowest BCUT2D eigenvalue weighted by Crippen LogP contribution is -2.49. The zero-order valence-electron chi connectivity index (χ0n) is 11.9. The Labute approximate surface area is 129 Å². The number of halogens is 1. The number of nitrogens with zero attached hydrogens (tertiary/aromatic N) is 1. The van der Waals surface area contributed by atoms with Crippen LogP contribution in [0.5, 0.6) is 0 Å². The largest absolute Gasteiger partial charge is 0.380 e. The normalized spacial score (nSPS) is 24.0. The molecule has 1 aromatic carbocycles. The molecule has 2 heterocycles. The van der Waals surface area contributed by atoms with E-state index >= 15 is 0 Å². The van der Waals surface area contributed by atoms with E-state index in [0.717, 1.165) is 41.1 Å². The van der Waals surface area contributed by atoms with Crippen molar-refractivity contribution in [2.45, 2.75) is 43.7 Å². The summed E-state index contributed by atoms with van der Waals surface area (Å²) in [5, 5.41) is 5.44. The molecule has 1 unspecified atom stereocenters. The molecule has 3 nitrogen and oxygen atoms in total. The fraction of sp³-hybridized carbons (Fsp3) is 0.471. The molecule has 0 radical (unpaired) electrons. The van der Waals surface area contributed by atoms with Gasteiger partial charge in [-0.05, 0) is 56.4 Å². The van der Waals surface area contributed by atoms with E-state index in [1.54, 1.807) is 0 Å². The summed E-state index contributed by atoms with van der Waals surface area (Å²) in [6.45, 7) is 0.858. The summed E-state index contributed by atoms with van der Waals surface area (Å²) in [6.07, 6.45) is 7.71. The first-order chi connectivity index (χ1) is 10.3. The van der Waals surface area contributed by atoms with Crippen molar-refractivity contribution >= 4 is 28.2 Å². The summed E-state index contributed by atoms with van der Waals surface area (Å²) in [4.78, 5) is 4.50. The van der Waals surface area contributed by atoms with Crippen LogP contribution in [0.2, 0.25) is 5.02 Å². The highest BCUT2D eigenvalue weighted by Crippen LogP contribution is 2.43. The highest BCUT2D eigenvalue weighted by atomic mass is 35.5. The van der Waals surface area contributed by atoms with Crippen molar-refractivity contribution in [3.8, 4) is 0 Å². The van der Waals surface area contributed by atoms with Crippen LogP contribution >= 0.6 is 11.6 Å². The van der Waals surface area contributed by atoms with Gasteiger partial charge in [0.05, 0.1) is 21.8 Å². The SMILES string of the molecule is Clc1ccc(NC2CCOC3(CCC3)C2)c2ncccc12. The van der Waals surface area contributed by atoms with Gasteiger partial charge in [0.2, 0.25) is 0 Å². The zero-order chi connectivity index (χ0) is 14.3. The van der Waals surface area contributed by atoms with Crippen LogP contribution in [0.1, 0.15) is 32.1 Å². The number of aromatic nitrogens is 1. The molecule has 1 atom stereocenters. The summed E-state index contributed by atoms with van der Waals surface area (Å²) in [5.74, 6) is 0. The Morgan fingerprint density at radius 2 is 2.19 bits per heavy atom. The fourth-order valence-corrected chi connectivity index (χ4v) is 3.76. The van der Waals surface area contributed by atoms with Crippen LogP contribution in [-0.4, -0.2) is 23.2 Å². The van der Waals surface area contributed by atoms with Gasteiger partial charge < -0.3 is 10.1 Å². The minimum Gasteiger partial charge on any atom is -0.380 e. The van der Waals surface area contributed by atoms with Gasteiger partial charge in [-0.25, -0.2) is 0 Å². The van der Waals surface area contributed by atoms with Crippen molar-refractivity contribution in [1.29, 1.82) is 0 Å². The number of benzene rings is 1. The molecule has 2 aliphatic rings. The van der Waals surface area contributed by atoms with Crippen LogP contribution in [-0.2, 0) is 4.74 Å². The van der Waals surface area contributed by atoms with Crippen molar-refractivity contribution in [3.63, 3.8) is 0 Å². The Kier molecular flexibility index (Phi) is 3.27. The van der Waals surface area contributed by atoms with Gasteiger partial charge in [0.1, 0.15) is 0 Å². The number of rotatable bonds is 2. The molecule has 2 fully saturated rings. The van der Waals surface area contributed by atoms with E-state index in [2.05, 4.69) is 10.3 Å². The Bertz CT molecular complexity index is 669. The first-order valence-corrected chi connectivity index (χ1v) is 8.07. The summed E-state index contributed by atoms with van der Waals surface area (Å²) >= 11 is 6.26. The molecular formula is C17H19ClN2O. The molecule has 1 saturated carbocycles. The van der Waals surface area contributed by atoms with Crippen molar-refractivity contribution in [2.24, 2.45) is 0 Å². The van der Waals surface area contributed by atoms with Crippen molar-refractivity contribution < 1.29 is 4.74 Å². The molecular weight excluding hydrogens is 284 g/mol. The third kappa shape index (κ3) is 2.39. The standard InChI is InChI=1S/C17H19ClN2O/c18-14-4-5-15(16-13(14)3-1-9-19-16)20-12-6-10-21-17(11-12)7-2-8-17/h1,3-5,9,12,20H,2,6-8,10-11H2. The average molecular weight is 303 g/mol. The van der Waals surface area contributed by atoms with Crippen molar-refractivity contribution in [1.82, 2.24) is 4.98 Å². The van der Waals surface area contributed by atoms with Gasteiger partial charge in [-0.3, -0.25) is 4.98 Å². The van der Waals surface area contributed by atoms with Crippen LogP contribution < -0.4 is 5.32 Å². The smallest absolute Gasteiger partial charge is 0.0948 e. The Hall–Kier alpha value is -1.32. The quantitative estimate of drug-likeness (QED) is 0.892. The van der Waals surface area contributed by atoms with E-state index in [1.165, 1.54) is 19.3 Å². The number of fused-ring (bicyclic) bond motifs is 1. The minimum atomic E-state index is 0.158. The number of nitrogens with one attached hydrogen (secondary N) is 1. The number of anilines is 1. The van der Waals surface area contributed by atoms with Gasteiger partial charge in [0, 0.05) is 24.2 Å². The van der Waals surface area contributed by atoms with Crippen LogP contribution in [0.15, 0.2) is 30.5 Å². The minimum absolute atomic E-state index is 0.158. The van der Waals surface area contributed by atoms with Gasteiger partial charge >= 0.3 is 0 Å². The third-order valence-electron chi connectivity index (χ3n) is 4.83. The zero-order valence-corrected chi connectivity index (χ0v) is 12.7. The number of hydrogen-bond donors (Lipinski definition) is 1. The highest BCUT2D eigenvalue weighted by Gasteiger charge is 2.42. The molecule has 0 amide bonds. The van der Waals surface area contributed by atoms with Crippen LogP contribution in [0.3, 0.4) is 0 Å². The van der Waals surface area contributed by atoms with Gasteiger partial charge in [-0.2, -0.15) is 0 Å². The van der Waals surface area contributed by atoms with Gasteiger partial charge in [-0.1, -0.05) is 11.6 Å². The van der Waals surface area contributed by atoms with E-state index in [9.17, 15) is 0 Å². The lowest BCUT2D eigenvalue weighted by Gasteiger charge is -2.47. The maximum atomic E-state index is 6.26. The summed E-state index contributed by atoms with van der Waals surface area (Å²) < 4.78 is 6.00. The molecule has 1 saturated heterocycles. The predicted octanol–water partition coefficient (Wildman–Crippen LogP) is 4.40. The summed E-state index contributed by atoms with van der Waals surface area (Å²) in [7, 11) is 0. The third-order valence-corrected chi connectivity index (χ3v) is 5.16. The van der Waals surface area contributed by atoms with Crippen LogP contribution in [0.4, 0.5) is 5.69 Å². The maximum absolute atomic E-state index is 6.26. The molecule has 2 aromatic rings. The molecule has 1 aromatic heterocycles. The molecule has 1 aliphatic carbocycles. The second-order valence-electron chi connectivity index (χ2n) is 6.21. The van der Waals surface area contributed by atoms with Crippen LogP contribution in [0.25, 0.3) is 10.9 Å². The van der Waals surface area contributed by atoms with E-state index in [1.807, 2.05) is 30.5 Å².